The van der Waals surface area contributed by atoms with Crippen LogP contribution in [-0.2, 0) is 31.0 Å². The van der Waals surface area contributed by atoms with Gasteiger partial charge in [0.2, 0.25) is 17.8 Å². The Morgan fingerprint density at radius 2 is 1.24 bits per heavy atom. The molecule has 3 heterocycles. The molecule has 438 valence electrons. The Morgan fingerprint density at radius 3 is 1.73 bits per heavy atom. The quantitative estimate of drug-likeness (QED) is 0.0487. The fourth-order valence-corrected chi connectivity index (χ4v) is 7.85. The maximum atomic E-state index is 14.1. The van der Waals surface area contributed by atoms with E-state index in [9.17, 15) is 117 Å². The Hall–Kier alpha value is -7.13. The van der Waals surface area contributed by atoms with E-state index in [2.05, 4.69) is 35.9 Å². The highest BCUT2D eigenvalue weighted by Gasteiger charge is 2.96. The fourth-order valence-electron chi connectivity index (χ4n) is 6.43. The van der Waals surface area contributed by atoms with E-state index in [4.69, 9.17) is 22.9 Å². The summed E-state index contributed by atoms with van der Waals surface area (Å²) in [5.74, 6) is -55.2. The highest BCUT2D eigenvalue weighted by molar-refractivity contribution is 7.90. The van der Waals surface area contributed by atoms with E-state index in [1.807, 2.05) is 0 Å². The third-order valence-electron chi connectivity index (χ3n) is 10.9. The number of nitrogens with two attached hydrogens (primary N) is 4. The van der Waals surface area contributed by atoms with E-state index in [0.29, 0.717) is 35.7 Å². The lowest BCUT2D eigenvalue weighted by Gasteiger charge is -2.43. The number of primary amides is 2. The van der Waals surface area contributed by atoms with E-state index in [1.54, 1.807) is 12.1 Å². The number of H-pyrrole nitrogens is 1. The van der Waals surface area contributed by atoms with Crippen LogP contribution in [0.5, 0.6) is 0 Å². The molecule has 1 aromatic carbocycles. The van der Waals surface area contributed by atoms with Crippen LogP contribution >= 0.6 is 0 Å². The maximum Gasteiger partial charge on any atom is 0.460 e. The summed E-state index contributed by atoms with van der Waals surface area (Å²) in [5.41, 5.74) is 21.9. The average molecular weight is 1180 g/mol. The van der Waals surface area contributed by atoms with Crippen LogP contribution in [0, 0.1) is 0 Å². The molecule has 2 aromatic heterocycles. The number of benzene rings is 1. The molecule has 0 radical (unpaired) electrons. The molecular weight excluding hydrogens is 1140 g/mol. The number of nitrogens with one attached hydrogen (secondary N) is 4. The summed E-state index contributed by atoms with van der Waals surface area (Å²) < 4.78 is 248. The number of sulfonamides is 1. The molecule has 3 aromatic rings. The van der Waals surface area contributed by atoms with Gasteiger partial charge in [-0.05, 0) is 56.5 Å². The Balaban J connectivity index is 0.000000413. The predicted octanol–water partition coefficient (Wildman–Crippen LogP) is 2.95. The van der Waals surface area contributed by atoms with Gasteiger partial charge in [-0.1, -0.05) is 0 Å². The molecule has 2 atom stereocenters. The van der Waals surface area contributed by atoms with Crippen LogP contribution < -0.4 is 44.4 Å². The summed E-state index contributed by atoms with van der Waals surface area (Å²) in [5, 5.41) is 9.90. The van der Waals surface area contributed by atoms with E-state index < -0.39 is 135 Å². The second-order valence-corrected chi connectivity index (χ2v) is 18.3. The normalized spacial score (nSPS) is 15.4. The molecular formula is C38H42F17N13O9S. The number of alkyl halides is 17. The van der Waals surface area contributed by atoms with Crippen LogP contribution in [0.3, 0.4) is 0 Å². The number of aromatic amines is 1. The van der Waals surface area contributed by atoms with Gasteiger partial charge in [-0.25, -0.2) is 28.0 Å². The number of carboxylic acids is 1. The van der Waals surface area contributed by atoms with Crippen LogP contribution in [0.25, 0.3) is 11.2 Å². The minimum atomic E-state index is -8.88. The zero-order chi connectivity index (χ0) is 60.0. The number of unbranched alkanes of at least 4 members (excludes halogenated alkanes) is 1. The lowest BCUT2D eigenvalue weighted by atomic mass is 9.91. The van der Waals surface area contributed by atoms with E-state index >= 15 is 0 Å². The Bertz CT molecular complexity index is 2840. The van der Waals surface area contributed by atoms with Gasteiger partial charge >= 0.3 is 59.0 Å². The number of nitrogen functional groups attached to an aromatic ring is 1. The number of carbonyl (C=O) groups is 5. The van der Waals surface area contributed by atoms with Gasteiger partial charge in [-0.2, -0.15) is 83.9 Å². The van der Waals surface area contributed by atoms with Gasteiger partial charge < -0.3 is 48.9 Å². The number of hydrogen-bond acceptors (Lipinski definition) is 14. The number of carbonyl (C=O) groups excluding carboxylic acids is 4. The van der Waals surface area contributed by atoms with Crippen molar-refractivity contribution in [2.45, 2.75) is 97.7 Å². The molecule has 0 spiro atoms. The number of urea groups is 1. The van der Waals surface area contributed by atoms with Gasteiger partial charge in [0.05, 0.1) is 18.4 Å². The highest BCUT2D eigenvalue weighted by Crippen LogP contribution is 2.64. The first-order chi connectivity index (χ1) is 35.5. The number of carboxylic acid groups (broad SMARTS) is 1. The number of nitrogens with zero attached hydrogens (tertiary/aromatic N) is 5. The minimum absolute atomic E-state index is 0.0469. The van der Waals surface area contributed by atoms with Crippen molar-refractivity contribution in [3.05, 3.63) is 52.1 Å². The van der Waals surface area contributed by atoms with E-state index in [-0.39, 0.29) is 48.5 Å². The Labute approximate surface area is 424 Å². The second-order valence-electron chi connectivity index (χ2n) is 16.3. The number of piperazine rings is 1. The van der Waals surface area contributed by atoms with Crippen molar-refractivity contribution in [3.63, 3.8) is 0 Å². The van der Waals surface area contributed by atoms with E-state index in [0.717, 1.165) is 0 Å². The SMILES string of the molecule is NC(=O)N1CCN(S(=O)(=O)C(F)(F)C(F)(F)C(F)(F)C(F)(F)C(F)(F)C(F)(F)C(F)(F)C(F)(F)F)CC1.NCCCC[C@H](NC(=O)[C@H](CCC(N)=O)NC(=O)c1ccc(NCc2cnc3nc(N)[nH]c(=O)c3n2)cc1)C(=O)O. The van der Waals surface area contributed by atoms with Gasteiger partial charge in [-0.15, -0.1) is 0 Å². The van der Waals surface area contributed by atoms with Crippen molar-refractivity contribution in [2.24, 2.45) is 17.2 Å². The lowest BCUT2D eigenvalue weighted by Crippen LogP contribution is -2.75. The number of aromatic nitrogens is 4. The molecule has 0 aliphatic carbocycles. The minimum Gasteiger partial charge on any atom is -0.480 e. The predicted molar refractivity (Wildman–Crippen MR) is 231 cm³/mol. The van der Waals surface area contributed by atoms with Crippen LogP contribution in [-0.4, -0.2) is 164 Å². The standard InChI is InChI=1S/C25H32N10O6.C13H10F17N3O3S/c26-10-2-1-3-17(24(40)41)33-22(38)16(8-9-18(27)36)32-21(37)13-4-6-14(7-5-13)29-11-15-12-30-20-19(31-15)23(39)35-25(28)34-20;14-6(15,8(18,19)10(22,23)12(26,27)28)7(16,17)9(20,21)11(24,25)13(29,30)37(35,36)33-3-1-32(2-4-33)5(31)34/h4-7,12,16-17,29H,1-3,8-11,26H2,(H2,27,36)(H,32,37)(H,33,38)(H,40,41)(H3,28,30,34,35,39);1-4H2,(H2,31,34)/t16-,17-;/m0./s1. The Morgan fingerprint density at radius 1 is 0.718 bits per heavy atom. The molecule has 1 saturated heterocycles. The lowest BCUT2D eigenvalue weighted by molar-refractivity contribution is -0.458. The van der Waals surface area contributed by atoms with Gasteiger partial charge in [0.15, 0.2) is 11.2 Å². The summed E-state index contributed by atoms with van der Waals surface area (Å²) in [4.78, 5) is 86.6. The molecule has 4 rings (SSSR count). The molecule has 22 nitrogen and oxygen atoms in total. The molecule has 0 unspecified atom stereocenters. The highest BCUT2D eigenvalue weighted by atomic mass is 32.2. The van der Waals surface area contributed by atoms with Crippen molar-refractivity contribution < 1.29 is 112 Å². The zero-order valence-electron chi connectivity index (χ0n) is 38.9. The summed E-state index contributed by atoms with van der Waals surface area (Å²) in [6.45, 7) is -4.34. The van der Waals surface area contributed by atoms with Gasteiger partial charge in [0, 0.05) is 43.9 Å². The summed E-state index contributed by atoms with van der Waals surface area (Å²) in [6.07, 6.45) is -5.50. The molecule has 40 heteroatoms. The van der Waals surface area contributed by atoms with Crippen molar-refractivity contribution in [2.75, 3.05) is 43.8 Å². The van der Waals surface area contributed by atoms with Crippen molar-refractivity contribution >= 4 is 62.5 Å². The first-order valence-electron chi connectivity index (χ1n) is 21.4. The number of halogens is 17. The van der Waals surface area contributed by atoms with Gasteiger partial charge in [-0.3, -0.25) is 24.2 Å². The van der Waals surface area contributed by atoms with E-state index in [1.165, 1.54) is 18.3 Å². The first-order valence-corrected chi connectivity index (χ1v) is 22.9. The third-order valence-corrected chi connectivity index (χ3v) is 12.8. The number of aliphatic carboxylic acids is 1. The van der Waals surface area contributed by atoms with Crippen molar-refractivity contribution in [1.82, 2.24) is 39.8 Å². The number of hydrogen-bond donors (Lipinski definition) is 9. The van der Waals surface area contributed by atoms with Gasteiger partial charge in [0.1, 0.15) is 12.1 Å². The number of rotatable bonds is 23. The molecule has 1 fully saturated rings. The largest absolute Gasteiger partial charge is 0.480 e. The first kappa shape index (κ1) is 65.2. The topological polar surface area (TPSA) is 358 Å². The third kappa shape index (κ3) is 13.2. The summed E-state index contributed by atoms with van der Waals surface area (Å²) >= 11 is 0. The Kier molecular flexibility index (Phi) is 19.9. The molecule has 1 aliphatic rings. The molecule has 5 amide bonds. The molecule has 1 aliphatic heterocycles. The number of anilines is 2. The van der Waals surface area contributed by atoms with Crippen LogP contribution in [0.4, 0.5) is 91.1 Å². The van der Waals surface area contributed by atoms with Crippen LogP contribution in [0.2, 0.25) is 0 Å². The molecule has 0 bridgehead atoms. The van der Waals surface area contributed by atoms with Crippen molar-refractivity contribution in [1.29, 1.82) is 0 Å². The monoisotopic (exact) mass is 1180 g/mol. The van der Waals surface area contributed by atoms with Crippen LogP contribution in [0.15, 0.2) is 35.3 Å². The molecule has 0 saturated carbocycles. The van der Waals surface area contributed by atoms with Crippen LogP contribution in [0.1, 0.15) is 48.2 Å². The molecule has 13 N–H and O–H groups in total. The van der Waals surface area contributed by atoms with Crippen molar-refractivity contribution in [3.8, 4) is 0 Å². The van der Waals surface area contributed by atoms with Gasteiger partial charge in [0.25, 0.3) is 21.5 Å². The summed E-state index contributed by atoms with van der Waals surface area (Å²) in [6, 6.07) is 2.55. The average Bonchev–Trinajstić information content (AvgIpc) is 3.33. The second kappa shape index (κ2) is 23.9. The smallest absolute Gasteiger partial charge is 0.460 e. The zero-order valence-corrected chi connectivity index (χ0v) is 39.7. The molecule has 78 heavy (non-hydrogen) atoms. The summed E-state index contributed by atoms with van der Waals surface area (Å²) in [7, 11) is -7.35. The number of amides is 5. The number of fused-ring (bicyclic) bond motifs is 1. The maximum absolute atomic E-state index is 14.1. The fraction of sp³-hybridized carbons (Fsp3) is 0.553.